The van der Waals surface area contributed by atoms with Crippen LogP contribution in [0.2, 0.25) is 0 Å². The minimum absolute atomic E-state index is 0.179. The highest BCUT2D eigenvalue weighted by atomic mass is 16.7. The average Bonchev–Trinajstić information content (AvgIpc) is 3.05. The van der Waals surface area contributed by atoms with Crippen molar-refractivity contribution in [3.05, 3.63) is 12.7 Å². The van der Waals surface area contributed by atoms with Crippen LogP contribution in [0.25, 0.3) is 11.2 Å². The number of rotatable bonds is 4. The fourth-order valence-electron chi connectivity index (χ4n) is 2.66. The van der Waals surface area contributed by atoms with E-state index in [0.29, 0.717) is 17.0 Å². The van der Waals surface area contributed by atoms with Crippen LogP contribution in [0, 0.1) is 0 Å². The molecule has 3 heterocycles. The number of aliphatic hydroxyl groups is 1. The maximum Gasteiger partial charge on any atom is 0.185 e. The van der Waals surface area contributed by atoms with Crippen molar-refractivity contribution in [1.82, 2.24) is 19.5 Å². The fourth-order valence-corrected chi connectivity index (χ4v) is 2.66. The number of aromatic nitrogens is 4. The predicted octanol–water partition coefficient (Wildman–Crippen LogP) is -0.672. The second-order valence-corrected chi connectivity index (χ2v) is 4.78. The van der Waals surface area contributed by atoms with E-state index in [2.05, 4.69) is 15.0 Å². The molecule has 114 valence electrons. The molecule has 3 N–H and O–H groups in total. The van der Waals surface area contributed by atoms with E-state index in [1.807, 2.05) is 0 Å². The van der Waals surface area contributed by atoms with Crippen LogP contribution in [0.5, 0.6) is 0 Å². The molecule has 3 atom stereocenters. The SMILES string of the molecule is COC(OC)[C@@H]1OC[C@@H](O)[C@@H]1n1cnc2c(N)ncnc21. The first kappa shape index (κ1) is 14.1. The Hall–Kier alpha value is -1.81. The van der Waals surface area contributed by atoms with E-state index in [9.17, 15) is 5.11 Å². The van der Waals surface area contributed by atoms with Crippen LogP contribution >= 0.6 is 0 Å². The number of ether oxygens (including phenoxy) is 3. The molecular formula is C12H17N5O4. The molecule has 0 aromatic carbocycles. The lowest BCUT2D eigenvalue weighted by Crippen LogP contribution is -2.38. The number of nitrogens with zero attached hydrogens (tertiary/aromatic N) is 4. The van der Waals surface area contributed by atoms with Gasteiger partial charge in [-0.2, -0.15) is 0 Å². The van der Waals surface area contributed by atoms with Gasteiger partial charge in [0.2, 0.25) is 0 Å². The summed E-state index contributed by atoms with van der Waals surface area (Å²) in [5, 5.41) is 10.2. The van der Waals surface area contributed by atoms with E-state index in [1.165, 1.54) is 20.5 Å². The second kappa shape index (κ2) is 5.53. The molecule has 9 heteroatoms. The number of fused-ring (bicyclic) bond motifs is 1. The Morgan fingerprint density at radius 2 is 2.14 bits per heavy atom. The quantitative estimate of drug-likeness (QED) is 0.713. The van der Waals surface area contributed by atoms with Crippen LogP contribution in [-0.4, -0.2) is 63.9 Å². The van der Waals surface area contributed by atoms with Crippen molar-refractivity contribution in [3.63, 3.8) is 0 Å². The Morgan fingerprint density at radius 3 is 2.86 bits per heavy atom. The maximum atomic E-state index is 10.2. The molecule has 0 unspecified atom stereocenters. The summed E-state index contributed by atoms with van der Waals surface area (Å²) in [6.07, 6.45) is 1.11. The van der Waals surface area contributed by atoms with Crippen molar-refractivity contribution in [2.45, 2.75) is 24.5 Å². The van der Waals surface area contributed by atoms with Crippen LogP contribution in [0.3, 0.4) is 0 Å². The van der Waals surface area contributed by atoms with Crippen molar-refractivity contribution in [1.29, 1.82) is 0 Å². The summed E-state index contributed by atoms with van der Waals surface area (Å²) in [5.74, 6) is 0.290. The van der Waals surface area contributed by atoms with Gasteiger partial charge in [-0.05, 0) is 0 Å². The van der Waals surface area contributed by atoms with Gasteiger partial charge in [0.05, 0.1) is 19.0 Å². The Labute approximate surface area is 120 Å². The third-order valence-corrected chi connectivity index (χ3v) is 3.63. The van der Waals surface area contributed by atoms with E-state index in [1.54, 1.807) is 10.9 Å². The second-order valence-electron chi connectivity index (χ2n) is 4.78. The van der Waals surface area contributed by atoms with Crippen molar-refractivity contribution in [2.75, 3.05) is 26.6 Å². The summed E-state index contributed by atoms with van der Waals surface area (Å²) in [6.45, 7) is 0.179. The summed E-state index contributed by atoms with van der Waals surface area (Å²) in [4.78, 5) is 12.3. The van der Waals surface area contributed by atoms with Gasteiger partial charge < -0.3 is 29.6 Å². The number of imidazole rings is 1. The van der Waals surface area contributed by atoms with E-state index >= 15 is 0 Å². The minimum Gasteiger partial charge on any atom is -0.388 e. The van der Waals surface area contributed by atoms with Crippen LogP contribution in [0.1, 0.15) is 6.04 Å². The van der Waals surface area contributed by atoms with Crippen LogP contribution in [0.4, 0.5) is 5.82 Å². The van der Waals surface area contributed by atoms with Gasteiger partial charge in [0.15, 0.2) is 17.8 Å². The van der Waals surface area contributed by atoms with E-state index in [0.717, 1.165) is 0 Å². The number of nitrogen functional groups attached to an aromatic ring is 1. The molecule has 2 aromatic heterocycles. The van der Waals surface area contributed by atoms with E-state index in [4.69, 9.17) is 19.9 Å². The number of hydrogen-bond donors (Lipinski definition) is 2. The molecule has 0 radical (unpaired) electrons. The first-order chi connectivity index (χ1) is 10.2. The third kappa shape index (κ3) is 2.23. The lowest BCUT2D eigenvalue weighted by molar-refractivity contribution is -0.174. The lowest BCUT2D eigenvalue weighted by Gasteiger charge is -2.27. The first-order valence-corrected chi connectivity index (χ1v) is 6.45. The van der Waals surface area contributed by atoms with Crippen LogP contribution < -0.4 is 5.73 Å². The summed E-state index contributed by atoms with van der Waals surface area (Å²) in [6, 6.07) is -0.436. The molecule has 9 nitrogen and oxygen atoms in total. The van der Waals surface area contributed by atoms with Gasteiger partial charge >= 0.3 is 0 Å². The van der Waals surface area contributed by atoms with Crippen molar-refractivity contribution >= 4 is 17.0 Å². The first-order valence-electron chi connectivity index (χ1n) is 6.45. The van der Waals surface area contributed by atoms with Crippen molar-refractivity contribution < 1.29 is 19.3 Å². The molecule has 0 spiro atoms. The minimum atomic E-state index is -0.726. The zero-order valence-electron chi connectivity index (χ0n) is 11.7. The molecule has 0 saturated carbocycles. The number of nitrogens with two attached hydrogens (primary N) is 1. The van der Waals surface area contributed by atoms with Crippen molar-refractivity contribution in [2.24, 2.45) is 0 Å². The molecule has 21 heavy (non-hydrogen) atoms. The standard InChI is InChI=1S/C12H17N5O4/c1-19-12(20-2)9-8(6(18)3-21-9)17-5-16-7-10(13)14-4-15-11(7)17/h4-6,8-9,12,18H,3H2,1-2H3,(H2,13,14,15)/t6-,8+,9-/m1/s1. The monoisotopic (exact) mass is 295 g/mol. The predicted molar refractivity (Wildman–Crippen MR) is 72.3 cm³/mol. The number of methoxy groups -OCH3 is 2. The van der Waals surface area contributed by atoms with Gasteiger partial charge in [0, 0.05) is 14.2 Å². The molecule has 0 amide bonds. The zero-order valence-corrected chi connectivity index (χ0v) is 11.7. The number of hydrogen-bond acceptors (Lipinski definition) is 8. The van der Waals surface area contributed by atoms with E-state index in [-0.39, 0.29) is 6.61 Å². The molecule has 0 bridgehead atoms. The van der Waals surface area contributed by atoms with Gasteiger partial charge in [-0.25, -0.2) is 15.0 Å². The number of anilines is 1. The number of aliphatic hydroxyl groups excluding tert-OH is 1. The van der Waals surface area contributed by atoms with Crippen LogP contribution in [0.15, 0.2) is 12.7 Å². The Morgan fingerprint density at radius 1 is 1.38 bits per heavy atom. The van der Waals surface area contributed by atoms with Gasteiger partial charge in [-0.3, -0.25) is 0 Å². The highest BCUT2D eigenvalue weighted by Gasteiger charge is 2.43. The third-order valence-electron chi connectivity index (χ3n) is 3.63. The Balaban J connectivity index is 2.04. The molecule has 1 fully saturated rings. The molecule has 1 saturated heterocycles. The topological polar surface area (TPSA) is 118 Å². The highest BCUT2D eigenvalue weighted by Crippen LogP contribution is 2.32. The molecule has 1 aliphatic rings. The smallest absolute Gasteiger partial charge is 0.185 e. The molecule has 1 aliphatic heterocycles. The molecule has 3 rings (SSSR count). The highest BCUT2D eigenvalue weighted by molar-refractivity contribution is 5.81. The zero-order chi connectivity index (χ0) is 15.0. The molecule has 0 aliphatic carbocycles. The fraction of sp³-hybridized carbons (Fsp3) is 0.583. The molecular weight excluding hydrogens is 278 g/mol. The Kier molecular flexibility index (Phi) is 3.72. The summed E-state index contributed by atoms with van der Waals surface area (Å²) < 4.78 is 17.8. The summed E-state index contributed by atoms with van der Waals surface area (Å²) in [7, 11) is 3.04. The van der Waals surface area contributed by atoms with Gasteiger partial charge in [-0.1, -0.05) is 0 Å². The summed E-state index contributed by atoms with van der Waals surface area (Å²) >= 11 is 0. The van der Waals surface area contributed by atoms with Crippen molar-refractivity contribution in [3.8, 4) is 0 Å². The maximum absolute atomic E-state index is 10.2. The molecule has 2 aromatic rings. The lowest BCUT2D eigenvalue weighted by atomic mass is 10.1. The van der Waals surface area contributed by atoms with Gasteiger partial charge in [-0.15, -0.1) is 0 Å². The van der Waals surface area contributed by atoms with Gasteiger partial charge in [0.25, 0.3) is 0 Å². The average molecular weight is 295 g/mol. The Bertz CT molecular complexity index is 629. The largest absolute Gasteiger partial charge is 0.388 e. The van der Waals surface area contributed by atoms with E-state index < -0.39 is 24.5 Å². The summed E-state index contributed by atoms with van der Waals surface area (Å²) in [5.41, 5.74) is 6.80. The van der Waals surface area contributed by atoms with Gasteiger partial charge in [0.1, 0.15) is 24.1 Å². The van der Waals surface area contributed by atoms with Crippen LogP contribution in [-0.2, 0) is 14.2 Å². The normalized spacial score (nSPS) is 26.0.